The molecule has 1 unspecified atom stereocenters. The Morgan fingerprint density at radius 3 is 2.47 bits per heavy atom. The molecule has 1 saturated carbocycles. The first-order valence-electron chi connectivity index (χ1n) is 11.8. The van der Waals surface area contributed by atoms with E-state index in [4.69, 9.17) is 4.74 Å². The van der Waals surface area contributed by atoms with Crippen molar-refractivity contribution in [2.24, 2.45) is 0 Å². The molecule has 1 atom stereocenters. The molecule has 0 bridgehead atoms. The summed E-state index contributed by atoms with van der Waals surface area (Å²) in [5, 5.41) is 13.2. The molecule has 5 rings (SSSR count). The van der Waals surface area contributed by atoms with E-state index in [2.05, 4.69) is 11.4 Å². The first-order chi connectivity index (χ1) is 16.6. The van der Waals surface area contributed by atoms with Gasteiger partial charge in [0.1, 0.15) is 5.82 Å². The van der Waals surface area contributed by atoms with Crippen molar-refractivity contribution in [3.63, 3.8) is 0 Å². The summed E-state index contributed by atoms with van der Waals surface area (Å²) in [5.74, 6) is -0.306. The van der Waals surface area contributed by atoms with Crippen LogP contribution < -0.4 is 5.32 Å². The third-order valence-corrected chi connectivity index (χ3v) is 6.97. The van der Waals surface area contributed by atoms with Gasteiger partial charge in [0.15, 0.2) is 0 Å². The van der Waals surface area contributed by atoms with Crippen molar-refractivity contribution in [1.29, 1.82) is 0 Å². The van der Waals surface area contributed by atoms with Gasteiger partial charge in [0.05, 0.1) is 30.9 Å². The van der Waals surface area contributed by atoms with Crippen LogP contribution in [-0.4, -0.2) is 40.8 Å². The Labute approximate surface area is 199 Å². The Hall–Kier alpha value is -3.22. The number of urea groups is 1. The zero-order valence-electron chi connectivity index (χ0n) is 19.0. The van der Waals surface area contributed by atoms with E-state index in [0.29, 0.717) is 26.0 Å². The molecular weight excluding hydrogens is 431 g/mol. The van der Waals surface area contributed by atoms with Gasteiger partial charge in [-0.15, -0.1) is 0 Å². The highest BCUT2D eigenvalue weighted by Gasteiger charge is 2.47. The summed E-state index contributed by atoms with van der Waals surface area (Å²) >= 11 is 0. The van der Waals surface area contributed by atoms with Gasteiger partial charge in [-0.1, -0.05) is 66.7 Å². The van der Waals surface area contributed by atoms with E-state index >= 15 is 0 Å². The number of nitrogens with zero attached hydrogens (tertiary/aromatic N) is 1. The van der Waals surface area contributed by atoms with Gasteiger partial charge in [-0.05, 0) is 53.6 Å². The van der Waals surface area contributed by atoms with Gasteiger partial charge in [-0.3, -0.25) is 0 Å². The summed E-state index contributed by atoms with van der Waals surface area (Å²) < 4.78 is 19.6. The molecule has 6 heteroatoms. The van der Waals surface area contributed by atoms with E-state index in [1.54, 1.807) is 17.0 Å². The Morgan fingerprint density at radius 2 is 1.74 bits per heavy atom. The molecule has 1 aliphatic carbocycles. The first kappa shape index (κ1) is 22.6. The molecular formula is C28H29FN2O3. The fourth-order valence-electron chi connectivity index (χ4n) is 5.08. The van der Waals surface area contributed by atoms with Crippen LogP contribution in [0.3, 0.4) is 0 Å². The molecule has 2 aliphatic rings. The lowest BCUT2D eigenvalue weighted by Gasteiger charge is -2.48. The van der Waals surface area contributed by atoms with Gasteiger partial charge >= 0.3 is 6.03 Å². The Balaban J connectivity index is 1.29. The Morgan fingerprint density at radius 1 is 1.03 bits per heavy atom. The lowest BCUT2D eigenvalue weighted by molar-refractivity contribution is -0.0770. The van der Waals surface area contributed by atoms with Crippen molar-refractivity contribution in [3.8, 4) is 0 Å². The molecule has 0 aromatic heterocycles. The summed E-state index contributed by atoms with van der Waals surface area (Å²) in [6.07, 6.45) is 1.86. The second-order valence-electron chi connectivity index (χ2n) is 9.29. The van der Waals surface area contributed by atoms with Crippen molar-refractivity contribution in [1.82, 2.24) is 10.2 Å². The standard InChI is InChI=1S/C28H29FN2O3/c29-23-12-10-22(11-13-23)26-25-9-5-4-8-21(25)14-15-31(26)27(33)30-28(19-32)16-24(17-28)34-18-20-6-2-1-3-7-20/h1-13,24,26,32H,14-19H2,(H,30,33). The molecule has 3 aromatic rings. The van der Waals surface area contributed by atoms with Crippen LogP contribution in [0.4, 0.5) is 9.18 Å². The van der Waals surface area contributed by atoms with Crippen LogP contribution in [0, 0.1) is 5.82 Å². The van der Waals surface area contributed by atoms with Crippen molar-refractivity contribution in [2.45, 2.75) is 43.6 Å². The number of hydrogen-bond acceptors (Lipinski definition) is 3. The fourth-order valence-corrected chi connectivity index (χ4v) is 5.08. The molecule has 176 valence electrons. The minimum atomic E-state index is -0.692. The van der Waals surface area contributed by atoms with Crippen LogP contribution >= 0.6 is 0 Å². The average molecular weight is 461 g/mol. The Bertz CT molecular complexity index is 1130. The highest BCUT2D eigenvalue weighted by Crippen LogP contribution is 2.38. The number of carbonyl (C=O) groups excluding carboxylic acids is 1. The second-order valence-corrected chi connectivity index (χ2v) is 9.29. The average Bonchev–Trinajstić information content (AvgIpc) is 2.85. The summed E-state index contributed by atoms with van der Waals surface area (Å²) in [6, 6.07) is 23.8. The number of rotatable bonds is 6. The third-order valence-electron chi connectivity index (χ3n) is 6.97. The van der Waals surface area contributed by atoms with Gasteiger partial charge < -0.3 is 20.1 Å². The van der Waals surface area contributed by atoms with Crippen molar-refractivity contribution >= 4 is 6.03 Å². The lowest BCUT2D eigenvalue weighted by Crippen LogP contribution is -2.64. The number of halogens is 1. The van der Waals surface area contributed by atoms with Crippen molar-refractivity contribution in [3.05, 3.63) is 107 Å². The third kappa shape index (κ3) is 4.56. The number of aliphatic hydroxyl groups excluding tert-OH is 1. The van der Waals surface area contributed by atoms with E-state index in [9.17, 15) is 14.3 Å². The molecule has 1 aliphatic heterocycles. The normalized spacial score (nSPS) is 23.6. The topological polar surface area (TPSA) is 61.8 Å². The van der Waals surface area contributed by atoms with Gasteiger partial charge in [0.25, 0.3) is 0 Å². The van der Waals surface area contributed by atoms with Crippen molar-refractivity contribution in [2.75, 3.05) is 13.2 Å². The van der Waals surface area contributed by atoms with E-state index < -0.39 is 5.54 Å². The minimum absolute atomic E-state index is 0.0115. The summed E-state index contributed by atoms with van der Waals surface area (Å²) in [5.41, 5.74) is 3.51. The minimum Gasteiger partial charge on any atom is -0.394 e. The first-order valence-corrected chi connectivity index (χ1v) is 11.8. The lowest BCUT2D eigenvalue weighted by atomic mass is 9.74. The highest BCUT2D eigenvalue weighted by atomic mass is 19.1. The number of nitrogens with one attached hydrogen (secondary N) is 1. The number of aliphatic hydroxyl groups is 1. The fraction of sp³-hybridized carbons (Fsp3) is 0.321. The van der Waals surface area contributed by atoms with E-state index in [1.165, 1.54) is 17.7 Å². The predicted molar refractivity (Wildman–Crippen MR) is 128 cm³/mol. The van der Waals surface area contributed by atoms with Crippen LogP contribution in [-0.2, 0) is 17.8 Å². The van der Waals surface area contributed by atoms with Gasteiger partial charge in [0.2, 0.25) is 0 Å². The molecule has 2 amide bonds. The monoisotopic (exact) mass is 460 g/mol. The van der Waals surface area contributed by atoms with Crippen LogP contribution in [0.15, 0.2) is 78.9 Å². The number of benzene rings is 3. The van der Waals surface area contributed by atoms with E-state index in [0.717, 1.165) is 23.1 Å². The quantitative estimate of drug-likeness (QED) is 0.566. The predicted octanol–water partition coefficient (Wildman–Crippen LogP) is 4.59. The van der Waals surface area contributed by atoms with Crippen LogP contribution in [0.2, 0.25) is 0 Å². The number of fused-ring (bicyclic) bond motifs is 1. The molecule has 1 fully saturated rings. The molecule has 0 radical (unpaired) electrons. The van der Waals surface area contributed by atoms with Crippen LogP contribution in [0.25, 0.3) is 0 Å². The van der Waals surface area contributed by atoms with Gasteiger partial charge in [-0.2, -0.15) is 0 Å². The van der Waals surface area contributed by atoms with Crippen molar-refractivity contribution < 1.29 is 19.0 Å². The maximum absolute atomic E-state index is 13.6. The molecule has 2 N–H and O–H groups in total. The van der Waals surface area contributed by atoms with Gasteiger partial charge in [0, 0.05) is 6.54 Å². The largest absolute Gasteiger partial charge is 0.394 e. The number of carbonyl (C=O) groups is 1. The molecule has 0 saturated heterocycles. The van der Waals surface area contributed by atoms with E-state index in [1.807, 2.05) is 48.5 Å². The Kier molecular flexibility index (Phi) is 6.35. The molecule has 0 spiro atoms. The summed E-state index contributed by atoms with van der Waals surface area (Å²) in [4.78, 5) is 15.3. The molecule has 5 nitrogen and oxygen atoms in total. The molecule has 3 aromatic carbocycles. The zero-order valence-corrected chi connectivity index (χ0v) is 19.0. The number of amides is 2. The van der Waals surface area contributed by atoms with Crippen LogP contribution in [0.5, 0.6) is 0 Å². The van der Waals surface area contributed by atoms with Gasteiger partial charge in [-0.25, -0.2) is 9.18 Å². The van der Waals surface area contributed by atoms with E-state index in [-0.39, 0.29) is 30.6 Å². The summed E-state index contributed by atoms with van der Waals surface area (Å²) in [6.45, 7) is 0.909. The SMILES string of the molecule is O=C(NC1(CO)CC(OCc2ccccc2)C1)N1CCc2ccccc2C1c1ccc(F)cc1. The molecule has 34 heavy (non-hydrogen) atoms. The maximum atomic E-state index is 13.6. The smallest absolute Gasteiger partial charge is 0.318 e. The summed E-state index contributed by atoms with van der Waals surface area (Å²) in [7, 11) is 0. The number of ether oxygens (including phenoxy) is 1. The molecule has 1 heterocycles. The maximum Gasteiger partial charge on any atom is 0.318 e. The zero-order chi connectivity index (χ0) is 23.5. The van der Waals surface area contributed by atoms with Crippen LogP contribution in [0.1, 0.15) is 41.1 Å². The second kappa shape index (κ2) is 9.57. The highest BCUT2D eigenvalue weighted by molar-refractivity contribution is 5.77. The number of hydrogen-bond donors (Lipinski definition) is 2.